The average molecular weight is 339 g/mol. The third kappa shape index (κ3) is 3.48. The van der Waals surface area contributed by atoms with Crippen LogP contribution in [0.25, 0.3) is 0 Å². The highest BCUT2D eigenvalue weighted by atomic mass is 32.2. The number of sulfonamides is 1. The quantitative estimate of drug-likeness (QED) is 0.856. The second-order valence-corrected chi connectivity index (χ2v) is 8.13. The van der Waals surface area contributed by atoms with Crippen LogP contribution < -0.4 is 9.46 Å². The highest BCUT2D eigenvalue weighted by Crippen LogP contribution is 2.25. The van der Waals surface area contributed by atoms with E-state index >= 15 is 0 Å². The number of pyridine rings is 1. The summed E-state index contributed by atoms with van der Waals surface area (Å²) in [4.78, 5) is 18.3. The van der Waals surface area contributed by atoms with E-state index < -0.39 is 15.3 Å². The van der Waals surface area contributed by atoms with Crippen molar-refractivity contribution in [2.24, 2.45) is 0 Å². The van der Waals surface area contributed by atoms with Gasteiger partial charge >= 0.3 is 0 Å². The molecular weight excluding hydrogens is 318 g/mol. The monoisotopic (exact) mass is 339 g/mol. The molecule has 23 heavy (non-hydrogen) atoms. The third-order valence-electron chi connectivity index (χ3n) is 4.48. The van der Waals surface area contributed by atoms with E-state index in [0.717, 1.165) is 12.8 Å². The molecule has 1 aliphatic heterocycles. The maximum absolute atomic E-state index is 12.6. The standard InChI is InChI=1S/C15H21N3O4S/c1-16-23(20,21)13-6-8-18(10-13)15(19)11-5-7-17-14(9-11)22-12-3-2-4-12/h5,7,9,12-13,16H,2-4,6,8,10H2,1H3. The first-order valence-electron chi connectivity index (χ1n) is 7.84. The van der Waals surface area contributed by atoms with E-state index in [1.807, 2.05) is 0 Å². The number of carbonyl (C=O) groups is 1. The smallest absolute Gasteiger partial charge is 0.254 e. The summed E-state index contributed by atoms with van der Waals surface area (Å²) in [6, 6.07) is 3.27. The van der Waals surface area contributed by atoms with E-state index in [2.05, 4.69) is 9.71 Å². The van der Waals surface area contributed by atoms with Gasteiger partial charge in [-0.15, -0.1) is 0 Å². The number of carbonyl (C=O) groups excluding carboxylic acids is 1. The molecule has 1 aliphatic carbocycles. The van der Waals surface area contributed by atoms with Crippen LogP contribution in [-0.2, 0) is 10.0 Å². The summed E-state index contributed by atoms with van der Waals surface area (Å²) < 4.78 is 31.7. The Morgan fingerprint density at radius 1 is 1.39 bits per heavy atom. The molecule has 2 aliphatic rings. The molecular formula is C15H21N3O4S. The van der Waals surface area contributed by atoms with Gasteiger partial charge in [-0.05, 0) is 38.8 Å². The number of rotatable bonds is 5. The van der Waals surface area contributed by atoms with Crippen molar-refractivity contribution in [1.29, 1.82) is 0 Å². The lowest BCUT2D eigenvalue weighted by Crippen LogP contribution is -2.36. The van der Waals surface area contributed by atoms with Crippen molar-refractivity contribution in [3.8, 4) is 5.88 Å². The minimum atomic E-state index is -3.35. The van der Waals surface area contributed by atoms with E-state index in [4.69, 9.17) is 4.74 Å². The van der Waals surface area contributed by atoms with Crippen molar-refractivity contribution in [1.82, 2.24) is 14.6 Å². The number of nitrogens with one attached hydrogen (secondary N) is 1. The van der Waals surface area contributed by atoms with Gasteiger partial charge in [-0.1, -0.05) is 0 Å². The normalized spacial score (nSPS) is 22.0. The van der Waals surface area contributed by atoms with E-state index in [-0.39, 0.29) is 18.6 Å². The predicted molar refractivity (Wildman–Crippen MR) is 84.8 cm³/mol. The molecule has 8 heteroatoms. The van der Waals surface area contributed by atoms with E-state index in [1.165, 1.54) is 13.5 Å². The molecule has 1 atom stereocenters. The molecule has 3 rings (SSSR count). The van der Waals surface area contributed by atoms with Crippen molar-refractivity contribution in [3.63, 3.8) is 0 Å². The number of aromatic nitrogens is 1. The zero-order valence-electron chi connectivity index (χ0n) is 13.1. The summed E-state index contributed by atoms with van der Waals surface area (Å²) in [5, 5.41) is -0.552. The van der Waals surface area contributed by atoms with Crippen LogP contribution in [0.3, 0.4) is 0 Å². The van der Waals surface area contributed by atoms with Crippen molar-refractivity contribution in [2.45, 2.75) is 37.0 Å². The largest absolute Gasteiger partial charge is 0.474 e. The first-order valence-corrected chi connectivity index (χ1v) is 9.38. The molecule has 0 aromatic carbocycles. The first kappa shape index (κ1) is 16.2. The second kappa shape index (κ2) is 6.45. The summed E-state index contributed by atoms with van der Waals surface area (Å²) in [7, 11) is -1.95. The van der Waals surface area contributed by atoms with Gasteiger partial charge in [0.15, 0.2) is 0 Å². The highest BCUT2D eigenvalue weighted by molar-refractivity contribution is 7.90. The lowest BCUT2D eigenvalue weighted by molar-refractivity contribution is 0.0790. The lowest BCUT2D eigenvalue weighted by atomic mass is 9.96. The van der Waals surface area contributed by atoms with Gasteiger partial charge in [0.1, 0.15) is 6.10 Å². The average Bonchev–Trinajstić information content (AvgIpc) is 3.01. The molecule has 1 N–H and O–H groups in total. The molecule has 1 saturated carbocycles. The summed E-state index contributed by atoms with van der Waals surface area (Å²) in [5.41, 5.74) is 0.483. The van der Waals surface area contributed by atoms with Crippen molar-refractivity contribution in [2.75, 3.05) is 20.1 Å². The second-order valence-electron chi connectivity index (χ2n) is 5.96. The van der Waals surface area contributed by atoms with Crippen LogP contribution in [0.4, 0.5) is 0 Å². The van der Waals surface area contributed by atoms with Gasteiger partial charge in [0.05, 0.1) is 5.25 Å². The molecule has 2 fully saturated rings. The van der Waals surface area contributed by atoms with E-state index in [1.54, 1.807) is 23.2 Å². The fourth-order valence-electron chi connectivity index (χ4n) is 2.78. The zero-order chi connectivity index (χ0) is 16.4. The number of amides is 1. The van der Waals surface area contributed by atoms with Gasteiger partial charge in [-0.2, -0.15) is 0 Å². The molecule has 1 aromatic heterocycles. The summed E-state index contributed by atoms with van der Waals surface area (Å²) in [5.74, 6) is 0.277. The Hall–Kier alpha value is -1.67. The van der Waals surface area contributed by atoms with Gasteiger partial charge in [0, 0.05) is 30.9 Å². The van der Waals surface area contributed by atoms with Crippen LogP contribution in [0.1, 0.15) is 36.0 Å². The number of nitrogens with zero attached hydrogens (tertiary/aromatic N) is 2. The Labute approximate surface area is 136 Å². The Bertz CT molecular complexity index is 688. The van der Waals surface area contributed by atoms with Gasteiger partial charge < -0.3 is 9.64 Å². The minimum absolute atomic E-state index is 0.181. The molecule has 2 heterocycles. The van der Waals surface area contributed by atoms with Crippen LogP contribution in [0.15, 0.2) is 18.3 Å². The first-order chi connectivity index (χ1) is 11.0. The molecule has 126 valence electrons. The lowest BCUT2D eigenvalue weighted by Gasteiger charge is -2.25. The molecule has 0 spiro atoms. The SMILES string of the molecule is CNS(=O)(=O)C1CCN(C(=O)c2ccnc(OC3CCC3)c2)C1. The van der Waals surface area contributed by atoms with Gasteiger partial charge in [-0.3, -0.25) is 4.79 Å². The Morgan fingerprint density at radius 3 is 2.83 bits per heavy atom. The summed E-state index contributed by atoms with van der Waals surface area (Å²) >= 11 is 0. The van der Waals surface area contributed by atoms with Gasteiger partial charge in [0.25, 0.3) is 5.91 Å². The van der Waals surface area contributed by atoms with Crippen LogP contribution in [0.2, 0.25) is 0 Å². The molecule has 0 radical (unpaired) electrons. The van der Waals surface area contributed by atoms with Crippen molar-refractivity contribution >= 4 is 15.9 Å². The number of likely N-dealkylation sites (tertiary alicyclic amines) is 1. The predicted octanol–water partition coefficient (Wildman–Crippen LogP) is 0.777. The summed E-state index contributed by atoms with van der Waals surface area (Å²) in [6.45, 7) is 0.648. The minimum Gasteiger partial charge on any atom is -0.474 e. The van der Waals surface area contributed by atoms with Crippen molar-refractivity contribution < 1.29 is 17.9 Å². The maximum atomic E-state index is 12.6. The van der Waals surface area contributed by atoms with Crippen molar-refractivity contribution in [3.05, 3.63) is 23.9 Å². The number of hydrogen-bond acceptors (Lipinski definition) is 5. The van der Waals surface area contributed by atoms with Gasteiger partial charge in [-0.25, -0.2) is 18.1 Å². The third-order valence-corrected chi connectivity index (χ3v) is 6.31. The number of ether oxygens (including phenoxy) is 1. The van der Waals surface area contributed by atoms with E-state index in [9.17, 15) is 13.2 Å². The number of hydrogen-bond donors (Lipinski definition) is 1. The van der Waals surface area contributed by atoms with E-state index in [0.29, 0.717) is 24.4 Å². The highest BCUT2D eigenvalue weighted by Gasteiger charge is 2.34. The molecule has 1 amide bonds. The zero-order valence-corrected chi connectivity index (χ0v) is 13.9. The molecule has 1 unspecified atom stereocenters. The fourth-order valence-corrected chi connectivity index (χ4v) is 3.91. The Morgan fingerprint density at radius 2 is 2.17 bits per heavy atom. The maximum Gasteiger partial charge on any atom is 0.254 e. The Kier molecular flexibility index (Phi) is 4.54. The fraction of sp³-hybridized carbons (Fsp3) is 0.600. The molecule has 7 nitrogen and oxygen atoms in total. The molecule has 1 aromatic rings. The van der Waals surface area contributed by atoms with Crippen LogP contribution >= 0.6 is 0 Å². The van der Waals surface area contributed by atoms with Gasteiger partial charge in [0.2, 0.25) is 15.9 Å². The molecule has 1 saturated heterocycles. The van der Waals surface area contributed by atoms with Crippen LogP contribution in [-0.4, -0.2) is 55.7 Å². The van der Waals surface area contributed by atoms with Crippen LogP contribution in [0, 0.1) is 0 Å². The topological polar surface area (TPSA) is 88.6 Å². The molecule has 0 bridgehead atoms. The van der Waals surface area contributed by atoms with Crippen LogP contribution in [0.5, 0.6) is 5.88 Å². The summed E-state index contributed by atoms with van der Waals surface area (Å²) in [6.07, 6.45) is 5.42. The Balaban J connectivity index is 1.67.